The third-order valence-corrected chi connectivity index (χ3v) is 3.29. The molecule has 0 aromatic heterocycles. The quantitative estimate of drug-likeness (QED) is 0.754. The van der Waals surface area contributed by atoms with Crippen LogP contribution in [0.1, 0.15) is 30.6 Å². The second-order valence-electron chi connectivity index (χ2n) is 4.37. The fourth-order valence-electron chi connectivity index (χ4n) is 1.75. The Bertz CT molecular complexity index is 393. The average molecular weight is 314 g/mol. The Morgan fingerprint density at radius 3 is 2.72 bits per heavy atom. The minimum absolute atomic E-state index is 0.0600. The van der Waals surface area contributed by atoms with Gasteiger partial charge in [0.15, 0.2) is 0 Å². The molecule has 0 spiro atoms. The first kappa shape index (κ1) is 15.0. The van der Waals surface area contributed by atoms with E-state index in [9.17, 15) is 4.79 Å². The summed E-state index contributed by atoms with van der Waals surface area (Å²) in [6.07, 6.45) is 0.952. The highest BCUT2D eigenvalue weighted by molar-refractivity contribution is 9.09. The number of rotatable bonds is 6. The smallest absolute Gasteiger partial charge is 0.254 e. The first-order chi connectivity index (χ1) is 8.60. The van der Waals surface area contributed by atoms with Crippen LogP contribution in [0.4, 0.5) is 0 Å². The monoisotopic (exact) mass is 313 g/mol. The molecule has 0 aliphatic heterocycles. The van der Waals surface area contributed by atoms with Gasteiger partial charge in [0.1, 0.15) is 5.75 Å². The van der Waals surface area contributed by atoms with Crippen molar-refractivity contribution in [2.45, 2.75) is 26.3 Å². The lowest BCUT2D eigenvalue weighted by Crippen LogP contribution is -2.37. The largest absolute Gasteiger partial charge is 0.497 e. The number of benzene rings is 1. The molecule has 0 saturated heterocycles. The van der Waals surface area contributed by atoms with Crippen molar-refractivity contribution in [1.82, 2.24) is 4.90 Å². The van der Waals surface area contributed by atoms with Gasteiger partial charge in [-0.05, 0) is 38.5 Å². The van der Waals surface area contributed by atoms with E-state index in [2.05, 4.69) is 15.9 Å². The first-order valence-electron chi connectivity index (χ1n) is 6.11. The van der Waals surface area contributed by atoms with Crippen molar-refractivity contribution < 1.29 is 9.53 Å². The van der Waals surface area contributed by atoms with Crippen molar-refractivity contribution in [3.63, 3.8) is 0 Å². The molecule has 0 aliphatic rings. The molecule has 0 bridgehead atoms. The average Bonchev–Trinajstić information content (AvgIpc) is 2.38. The van der Waals surface area contributed by atoms with Gasteiger partial charge in [-0.25, -0.2) is 0 Å². The van der Waals surface area contributed by atoms with E-state index in [0.717, 1.165) is 18.3 Å². The van der Waals surface area contributed by atoms with Gasteiger partial charge in [-0.2, -0.15) is 0 Å². The van der Waals surface area contributed by atoms with Crippen LogP contribution >= 0.6 is 15.9 Å². The van der Waals surface area contributed by atoms with Crippen LogP contribution in [0, 0.1) is 0 Å². The van der Waals surface area contributed by atoms with Gasteiger partial charge in [-0.3, -0.25) is 4.79 Å². The van der Waals surface area contributed by atoms with Gasteiger partial charge in [0, 0.05) is 23.5 Å². The van der Waals surface area contributed by atoms with E-state index in [1.807, 2.05) is 36.9 Å². The molecule has 1 aromatic rings. The molecule has 3 nitrogen and oxygen atoms in total. The standard InChI is InChI=1S/C14H20BrNO2/c1-11(2)16(9-5-8-15)14(17)12-6-4-7-13(10-12)18-3/h4,6-7,10-11H,5,8-9H2,1-3H3. The van der Waals surface area contributed by atoms with Crippen LogP contribution in [-0.2, 0) is 0 Å². The molecular formula is C14H20BrNO2. The summed E-state index contributed by atoms with van der Waals surface area (Å²) in [6, 6.07) is 7.49. The Morgan fingerprint density at radius 2 is 2.17 bits per heavy atom. The summed E-state index contributed by atoms with van der Waals surface area (Å²) in [5.41, 5.74) is 0.678. The van der Waals surface area contributed by atoms with Gasteiger partial charge in [-0.15, -0.1) is 0 Å². The minimum Gasteiger partial charge on any atom is -0.497 e. The van der Waals surface area contributed by atoms with Gasteiger partial charge >= 0.3 is 0 Å². The predicted octanol–water partition coefficient (Wildman–Crippen LogP) is 3.33. The minimum atomic E-state index is 0.0600. The van der Waals surface area contributed by atoms with E-state index in [0.29, 0.717) is 11.3 Å². The number of carbonyl (C=O) groups excluding carboxylic acids is 1. The lowest BCUT2D eigenvalue weighted by atomic mass is 10.1. The number of hydrogen-bond acceptors (Lipinski definition) is 2. The molecule has 18 heavy (non-hydrogen) atoms. The fraction of sp³-hybridized carbons (Fsp3) is 0.500. The number of ether oxygens (including phenoxy) is 1. The third kappa shape index (κ3) is 4.02. The van der Waals surface area contributed by atoms with E-state index in [1.165, 1.54) is 0 Å². The van der Waals surface area contributed by atoms with E-state index >= 15 is 0 Å². The lowest BCUT2D eigenvalue weighted by Gasteiger charge is -2.26. The summed E-state index contributed by atoms with van der Waals surface area (Å²) in [6.45, 7) is 4.83. The molecule has 0 heterocycles. The van der Waals surface area contributed by atoms with Crippen molar-refractivity contribution in [3.05, 3.63) is 29.8 Å². The van der Waals surface area contributed by atoms with Gasteiger partial charge in [-0.1, -0.05) is 22.0 Å². The number of methoxy groups -OCH3 is 1. The Hall–Kier alpha value is -1.03. The maximum absolute atomic E-state index is 12.4. The first-order valence-corrected chi connectivity index (χ1v) is 7.23. The number of carbonyl (C=O) groups is 1. The maximum Gasteiger partial charge on any atom is 0.254 e. The molecule has 0 saturated carbocycles. The summed E-state index contributed by atoms with van der Waals surface area (Å²) in [7, 11) is 1.61. The summed E-state index contributed by atoms with van der Waals surface area (Å²) in [4.78, 5) is 14.3. The van der Waals surface area contributed by atoms with Crippen molar-refractivity contribution in [2.75, 3.05) is 19.0 Å². The van der Waals surface area contributed by atoms with Gasteiger partial charge in [0.05, 0.1) is 7.11 Å². The van der Waals surface area contributed by atoms with E-state index in [1.54, 1.807) is 13.2 Å². The topological polar surface area (TPSA) is 29.5 Å². The summed E-state index contributed by atoms with van der Waals surface area (Å²) in [5, 5.41) is 0.904. The molecule has 1 rings (SSSR count). The van der Waals surface area contributed by atoms with Crippen LogP contribution in [0.15, 0.2) is 24.3 Å². The van der Waals surface area contributed by atoms with Crippen molar-refractivity contribution >= 4 is 21.8 Å². The van der Waals surface area contributed by atoms with Crippen molar-refractivity contribution in [2.24, 2.45) is 0 Å². The van der Waals surface area contributed by atoms with Crippen LogP contribution in [0.5, 0.6) is 5.75 Å². The zero-order chi connectivity index (χ0) is 13.5. The van der Waals surface area contributed by atoms with Crippen LogP contribution < -0.4 is 4.74 Å². The zero-order valence-corrected chi connectivity index (χ0v) is 12.7. The number of amides is 1. The Morgan fingerprint density at radius 1 is 1.44 bits per heavy atom. The third-order valence-electron chi connectivity index (χ3n) is 2.73. The molecule has 4 heteroatoms. The van der Waals surface area contributed by atoms with E-state index in [-0.39, 0.29) is 11.9 Å². The molecule has 1 aromatic carbocycles. The van der Waals surface area contributed by atoms with Gasteiger partial charge < -0.3 is 9.64 Å². The van der Waals surface area contributed by atoms with Gasteiger partial charge in [0.2, 0.25) is 0 Å². The zero-order valence-electron chi connectivity index (χ0n) is 11.1. The van der Waals surface area contributed by atoms with Crippen molar-refractivity contribution in [3.8, 4) is 5.75 Å². The number of halogens is 1. The second kappa shape index (κ2) is 7.41. The Labute approximate surface area is 117 Å². The van der Waals surface area contributed by atoms with Gasteiger partial charge in [0.25, 0.3) is 5.91 Å². The normalized spacial score (nSPS) is 10.5. The highest BCUT2D eigenvalue weighted by Crippen LogP contribution is 2.16. The molecule has 0 radical (unpaired) electrons. The van der Waals surface area contributed by atoms with Crippen LogP contribution in [0.25, 0.3) is 0 Å². The number of nitrogens with zero attached hydrogens (tertiary/aromatic N) is 1. The Kier molecular flexibility index (Phi) is 6.19. The number of alkyl halides is 1. The second-order valence-corrected chi connectivity index (χ2v) is 5.16. The summed E-state index contributed by atoms with van der Waals surface area (Å²) < 4.78 is 5.15. The predicted molar refractivity (Wildman–Crippen MR) is 77.6 cm³/mol. The van der Waals surface area contributed by atoms with Crippen LogP contribution in [0.2, 0.25) is 0 Å². The molecule has 0 fully saturated rings. The molecule has 0 atom stereocenters. The highest BCUT2D eigenvalue weighted by Gasteiger charge is 2.18. The van der Waals surface area contributed by atoms with E-state index in [4.69, 9.17) is 4.74 Å². The van der Waals surface area contributed by atoms with Crippen LogP contribution in [0.3, 0.4) is 0 Å². The molecule has 0 aliphatic carbocycles. The molecule has 0 unspecified atom stereocenters. The molecule has 0 N–H and O–H groups in total. The Balaban J connectivity index is 2.87. The highest BCUT2D eigenvalue weighted by atomic mass is 79.9. The maximum atomic E-state index is 12.4. The number of hydrogen-bond donors (Lipinski definition) is 0. The molecular weight excluding hydrogens is 294 g/mol. The fourth-order valence-corrected chi connectivity index (χ4v) is 2.00. The summed E-state index contributed by atoms with van der Waals surface area (Å²) in [5.74, 6) is 0.773. The summed E-state index contributed by atoms with van der Waals surface area (Å²) >= 11 is 3.40. The molecule has 1 amide bonds. The van der Waals surface area contributed by atoms with Crippen LogP contribution in [-0.4, -0.2) is 35.8 Å². The molecule has 100 valence electrons. The SMILES string of the molecule is COc1cccc(C(=O)N(CCCBr)C(C)C)c1. The van der Waals surface area contributed by atoms with E-state index < -0.39 is 0 Å². The lowest BCUT2D eigenvalue weighted by molar-refractivity contribution is 0.0706. The van der Waals surface area contributed by atoms with Crippen molar-refractivity contribution in [1.29, 1.82) is 0 Å².